The van der Waals surface area contributed by atoms with Crippen molar-refractivity contribution in [1.29, 1.82) is 0 Å². The molecular weight excluding hydrogens is 339 g/mol. The third kappa shape index (κ3) is 3.47. The average Bonchev–Trinajstić information content (AvgIpc) is 2.63. The van der Waals surface area contributed by atoms with Gasteiger partial charge in [0.1, 0.15) is 0 Å². The van der Waals surface area contributed by atoms with E-state index in [0.29, 0.717) is 0 Å². The number of hydrogen-bond donors (Lipinski definition) is 0. The van der Waals surface area contributed by atoms with Crippen molar-refractivity contribution >= 4 is 50.5 Å². The number of hydrogen-bond acceptors (Lipinski definition) is 1. The van der Waals surface area contributed by atoms with Crippen LogP contribution in [-0.2, 0) is 6.42 Å². The van der Waals surface area contributed by atoms with Crippen molar-refractivity contribution in [3.05, 3.63) is 55.1 Å². The highest BCUT2D eigenvalue weighted by Gasteiger charge is 2.14. The Labute approximate surface area is 124 Å². The molecular formula is C13H11BrCl2S. The molecule has 0 amide bonds. The van der Waals surface area contributed by atoms with E-state index in [9.17, 15) is 0 Å². The zero-order valence-electron chi connectivity index (χ0n) is 9.21. The van der Waals surface area contributed by atoms with Gasteiger partial charge in [-0.25, -0.2) is 0 Å². The predicted molar refractivity (Wildman–Crippen MR) is 80.5 cm³/mol. The summed E-state index contributed by atoms with van der Waals surface area (Å²) in [5, 5.41) is 0.714. The fourth-order valence-electron chi connectivity index (χ4n) is 1.55. The minimum absolute atomic E-state index is 0.0218. The van der Waals surface area contributed by atoms with Crippen LogP contribution in [0.5, 0.6) is 0 Å². The van der Waals surface area contributed by atoms with Gasteiger partial charge in [0.2, 0.25) is 0 Å². The molecule has 2 aromatic rings. The van der Waals surface area contributed by atoms with Gasteiger partial charge in [-0.1, -0.05) is 41.4 Å². The Bertz CT molecular complexity index is 485. The Kier molecular flexibility index (Phi) is 4.53. The third-order valence-electron chi connectivity index (χ3n) is 2.51. The molecule has 0 aliphatic heterocycles. The molecule has 0 fully saturated rings. The molecule has 0 aliphatic rings. The standard InChI is InChI=1S/C13H11BrCl2S/c1-8-2-4-9(5-3-8)6-10(15)12-7-11(16)13(14)17-12/h2-5,7,10H,6H2,1H3. The van der Waals surface area contributed by atoms with Crippen LogP contribution in [0.25, 0.3) is 0 Å². The molecule has 0 saturated heterocycles. The van der Waals surface area contributed by atoms with Gasteiger partial charge in [0.25, 0.3) is 0 Å². The fourth-order valence-corrected chi connectivity index (χ4v) is 3.65. The Morgan fingerprint density at radius 1 is 1.29 bits per heavy atom. The summed E-state index contributed by atoms with van der Waals surface area (Å²) in [6.07, 6.45) is 0.825. The molecule has 90 valence electrons. The van der Waals surface area contributed by atoms with E-state index in [0.717, 1.165) is 20.1 Å². The second kappa shape index (κ2) is 5.75. The zero-order chi connectivity index (χ0) is 12.4. The molecule has 0 bridgehead atoms. The second-order valence-electron chi connectivity index (χ2n) is 3.93. The highest BCUT2D eigenvalue weighted by atomic mass is 79.9. The van der Waals surface area contributed by atoms with E-state index in [1.807, 2.05) is 6.07 Å². The number of halogens is 3. The van der Waals surface area contributed by atoms with Crippen molar-refractivity contribution in [3.8, 4) is 0 Å². The molecule has 0 saturated carbocycles. The summed E-state index contributed by atoms with van der Waals surface area (Å²) in [6, 6.07) is 10.4. The maximum Gasteiger partial charge on any atom is 0.0887 e. The minimum atomic E-state index is -0.0218. The number of alkyl halides is 1. The van der Waals surface area contributed by atoms with E-state index < -0.39 is 0 Å². The SMILES string of the molecule is Cc1ccc(CC(Cl)c2cc(Cl)c(Br)s2)cc1. The fraction of sp³-hybridized carbons (Fsp3) is 0.231. The highest BCUT2D eigenvalue weighted by molar-refractivity contribution is 9.11. The molecule has 1 unspecified atom stereocenters. The monoisotopic (exact) mass is 348 g/mol. The Morgan fingerprint density at radius 2 is 1.94 bits per heavy atom. The molecule has 2 rings (SSSR count). The summed E-state index contributed by atoms with van der Waals surface area (Å²) >= 11 is 17.4. The maximum absolute atomic E-state index is 6.40. The van der Waals surface area contributed by atoms with Crippen LogP contribution in [0.3, 0.4) is 0 Å². The maximum atomic E-state index is 6.40. The van der Waals surface area contributed by atoms with Crippen LogP contribution >= 0.6 is 50.5 Å². The summed E-state index contributed by atoms with van der Waals surface area (Å²) in [7, 11) is 0. The summed E-state index contributed by atoms with van der Waals surface area (Å²) in [6.45, 7) is 2.08. The van der Waals surface area contributed by atoms with E-state index in [1.165, 1.54) is 11.1 Å². The van der Waals surface area contributed by atoms with Crippen molar-refractivity contribution in [2.75, 3.05) is 0 Å². The highest BCUT2D eigenvalue weighted by Crippen LogP contribution is 2.38. The van der Waals surface area contributed by atoms with Crippen LogP contribution in [0.2, 0.25) is 5.02 Å². The number of benzene rings is 1. The van der Waals surface area contributed by atoms with E-state index >= 15 is 0 Å². The van der Waals surface area contributed by atoms with Gasteiger partial charge in [-0.05, 0) is 40.9 Å². The zero-order valence-corrected chi connectivity index (χ0v) is 13.1. The number of rotatable bonds is 3. The molecule has 0 N–H and O–H groups in total. The van der Waals surface area contributed by atoms with Gasteiger partial charge < -0.3 is 0 Å². The quantitative estimate of drug-likeness (QED) is 0.596. The molecule has 0 radical (unpaired) electrons. The van der Waals surface area contributed by atoms with Crippen molar-refractivity contribution in [2.24, 2.45) is 0 Å². The lowest BCUT2D eigenvalue weighted by atomic mass is 10.1. The molecule has 0 spiro atoms. The molecule has 1 aromatic carbocycles. The minimum Gasteiger partial charge on any atom is -0.130 e. The van der Waals surface area contributed by atoms with Gasteiger partial charge in [-0.15, -0.1) is 22.9 Å². The molecule has 0 nitrogen and oxygen atoms in total. The average molecular weight is 350 g/mol. The summed E-state index contributed by atoms with van der Waals surface area (Å²) in [4.78, 5) is 1.10. The smallest absolute Gasteiger partial charge is 0.0887 e. The topological polar surface area (TPSA) is 0 Å². The third-order valence-corrected chi connectivity index (χ3v) is 5.62. The van der Waals surface area contributed by atoms with Crippen LogP contribution in [0.1, 0.15) is 21.4 Å². The van der Waals surface area contributed by atoms with E-state index in [-0.39, 0.29) is 5.38 Å². The Hall–Kier alpha value is -0.0200. The number of aryl methyl sites for hydroxylation is 1. The predicted octanol–water partition coefficient (Wildman–Crippen LogP) is 6.00. The van der Waals surface area contributed by atoms with Crippen LogP contribution in [-0.4, -0.2) is 0 Å². The van der Waals surface area contributed by atoms with Crippen molar-refractivity contribution in [3.63, 3.8) is 0 Å². The first kappa shape index (κ1) is 13.4. The number of thiophene rings is 1. The lowest BCUT2D eigenvalue weighted by molar-refractivity contribution is 0.939. The first-order valence-corrected chi connectivity index (χ1v) is 7.63. The second-order valence-corrected chi connectivity index (χ2v) is 7.26. The lowest BCUT2D eigenvalue weighted by Gasteiger charge is -2.07. The van der Waals surface area contributed by atoms with Gasteiger partial charge in [-0.2, -0.15) is 0 Å². The largest absolute Gasteiger partial charge is 0.130 e. The van der Waals surface area contributed by atoms with Crippen LogP contribution < -0.4 is 0 Å². The van der Waals surface area contributed by atoms with Gasteiger partial charge in [0.15, 0.2) is 0 Å². The Balaban J connectivity index is 2.11. The molecule has 1 atom stereocenters. The first-order valence-electron chi connectivity index (χ1n) is 5.20. The van der Waals surface area contributed by atoms with Gasteiger partial charge in [0.05, 0.1) is 14.2 Å². The molecule has 17 heavy (non-hydrogen) atoms. The van der Waals surface area contributed by atoms with E-state index in [4.69, 9.17) is 23.2 Å². The van der Waals surface area contributed by atoms with Crippen LogP contribution in [0.15, 0.2) is 34.1 Å². The van der Waals surface area contributed by atoms with Crippen LogP contribution in [0.4, 0.5) is 0 Å². The summed E-state index contributed by atoms with van der Waals surface area (Å²) < 4.78 is 0.948. The van der Waals surface area contributed by atoms with E-state index in [2.05, 4.69) is 47.1 Å². The van der Waals surface area contributed by atoms with Crippen LogP contribution in [0, 0.1) is 6.92 Å². The van der Waals surface area contributed by atoms with Gasteiger partial charge in [-0.3, -0.25) is 0 Å². The van der Waals surface area contributed by atoms with Crippen molar-refractivity contribution < 1.29 is 0 Å². The first-order chi connectivity index (χ1) is 8.06. The molecule has 0 aliphatic carbocycles. The van der Waals surface area contributed by atoms with Crippen molar-refractivity contribution in [2.45, 2.75) is 18.7 Å². The van der Waals surface area contributed by atoms with Gasteiger partial charge >= 0.3 is 0 Å². The molecule has 1 heterocycles. The summed E-state index contributed by atoms with van der Waals surface area (Å²) in [5.41, 5.74) is 2.51. The molecule has 1 aromatic heterocycles. The lowest BCUT2D eigenvalue weighted by Crippen LogP contribution is -1.93. The van der Waals surface area contributed by atoms with Gasteiger partial charge in [0, 0.05) is 4.88 Å². The Morgan fingerprint density at radius 3 is 2.47 bits per heavy atom. The normalized spacial score (nSPS) is 12.7. The summed E-state index contributed by atoms with van der Waals surface area (Å²) in [5.74, 6) is 0. The molecule has 4 heteroatoms. The van der Waals surface area contributed by atoms with Crippen molar-refractivity contribution in [1.82, 2.24) is 0 Å². The van der Waals surface area contributed by atoms with E-state index in [1.54, 1.807) is 11.3 Å².